The van der Waals surface area contributed by atoms with Gasteiger partial charge in [0.15, 0.2) is 5.96 Å². The highest BCUT2D eigenvalue weighted by atomic mass is 15.3. The van der Waals surface area contributed by atoms with E-state index in [1.807, 2.05) is 16.9 Å². The lowest BCUT2D eigenvalue weighted by atomic mass is 10.1. The Morgan fingerprint density at radius 2 is 1.96 bits per heavy atom. The summed E-state index contributed by atoms with van der Waals surface area (Å²) < 4.78 is 3.91. The number of aromatic nitrogens is 5. The minimum Gasteiger partial charge on any atom is -0.356 e. The van der Waals surface area contributed by atoms with Gasteiger partial charge in [-0.05, 0) is 30.2 Å². The smallest absolute Gasteiger partial charge is 0.191 e. The number of rotatable bonds is 8. The van der Waals surface area contributed by atoms with E-state index in [-0.39, 0.29) is 0 Å². The van der Waals surface area contributed by atoms with Gasteiger partial charge in [-0.3, -0.25) is 4.99 Å². The first-order valence-electron chi connectivity index (χ1n) is 9.20. The molecule has 2 aromatic heterocycles. The van der Waals surface area contributed by atoms with Crippen LogP contribution in [0.4, 0.5) is 0 Å². The van der Waals surface area contributed by atoms with E-state index in [1.165, 1.54) is 5.56 Å². The summed E-state index contributed by atoms with van der Waals surface area (Å²) in [5, 5.41) is 19.0. The van der Waals surface area contributed by atoms with E-state index in [0.717, 1.165) is 49.9 Å². The minimum absolute atomic E-state index is 0.767. The molecule has 0 amide bonds. The highest BCUT2D eigenvalue weighted by molar-refractivity contribution is 5.79. The Morgan fingerprint density at radius 1 is 1.15 bits per heavy atom. The van der Waals surface area contributed by atoms with E-state index in [2.05, 4.69) is 66.7 Å². The molecule has 1 aromatic carbocycles. The van der Waals surface area contributed by atoms with Crippen molar-refractivity contribution >= 4 is 5.96 Å². The second-order valence-electron chi connectivity index (χ2n) is 6.09. The van der Waals surface area contributed by atoms with Gasteiger partial charge in [-0.15, -0.1) is 10.2 Å². The highest BCUT2D eigenvalue weighted by Crippen LogP contribution is 2.08. The lowest BCUT2D eigenvalue weighted by Crippen LogP contribution is -2.39. The number of hydrogen-bond donors (Lipinski definition) is 2. The Morgan fingerprint density at radius 3 is 2.67 bits per heavy atom. The van der Waals surface area contributed by atoms with Crippen molar-refractivity contribution in [3.8, 4) is 5.69 Å². The first-order chi connectivity index (χ1) is 13.3. The summed E-state index contributed by atoms with van der Waals surface area (Å²) in [6.45, 7) is 4.47. The molecule has 0 spiro atoms. The molecule has 0 saturated carbocycles. The zero-order valence-electron chi connectivity index (χ0n) is 15.8. The first kappa shape index (κ1) is 18.6. The molecule has 3 aromatic rings. The summed E-state index contributed by atoms with van der Waals surface area (Å²) >= 11 is 0. The largest absolute Gasteiger partial charge is 0.356 e. The van der Waals surface area contributed by atoms with Gasteiger partial charge in [-0.2, -0.15) is 5.10 Å². The molecule has 142 valence electrons. The average Bonchev–Trinajstić information content (AvgIpc) is 3.39. The Hall–Kier alpha value is -3.16. The molecule has 3 rings (SSSR count). The Kier molecular flexibility index (Phi) is 6.56. The third-order valence-corrected chi connectivity index (χ3v) is 4.29. The van der Waals surface area contributed by atoms with E-state index in [9.17, 15) is 0 Å². The normalized spacial score (nSPS) is 11.6. The molecule has 0 bridgehead atoms. The Labute approximate surface area is 159 Å². The predicted molar refractivity (Wildman–Crippen MR) is 106 cm³/mol. The summed E-state index contributed by atoms with van der Waals surface area (Å²) in [5.74, 6) is 1.80. The van der Waals surface area contributed by atoms with Crippen LogP contribution < -0.4 is 10.6 Å². The number of aliphatic imine (C=N–C) groups is 1. The number of benzene rings is 1. The Balaban J connectivity index is 1.40. The second kappa shape index (κ2) is 9.51. The molecule has 0 unspecified atom stereocenters. The van der Waals surface area contributed by atoms with E-state index in [1.54, 1.807) is 19.6 Å². The highest BCUT2D eigenvalue weighted by Gasteiger charge is 2.03. The van der Waals surface area contributed by atoms with Gasteiger partial charge in [-0.25, -0.2) is 4.68 Å². The molecule has 0 saturated heterocycles. The molecule has 0 radical (unpaired) electrons. The van der Waals surface area contributed by atoms with Crippen LogP contribution in [0.15, 0.2) is 54.0 Å². The van der Waals surface area contributed by atoms with Gasteiger partial charge >= 0.3 is 0 Å². The van der Waals surface area contributed by atoms with Gasteiger partial charge < -0.3 is 15.2 Å². The molecule has 8 heteroatoms. The molecule has 27 heavy (non-hydrogen) atoms. The van der Waals surface area contributed by atoms with Crippen molar-refractivity contribution in [1.82, 2.24) is 35.2 Å². The molecule has 0 atom stereocenters. The monoisotopic (exact) mass is 366 g/mol. The fourth-order valence-electron chi connectivity index (χ4n) is 2.82. The van der Waals surface area contributed by atoms with Crippen molar-refractivity contribution in [2.75, 3.05) is 20.1 Å². The third-order valence-electron chi connectivity index (χ3n) is 4.29. The van der Waals surface area contributed by atoms with Gasteiger partial charge in [0.1, 0.15) is 12.2 Å². The van der Waals surface area contributed by atoms with Crippen LogP contribution in [0.1, 0.15) is 18.3 Å². The maximum absolute atomic E-state index is 4.27. The van der Waals surface area contributed by atoms with E-state index < -0.39 is 0 Å². The summed E-state index contributed by atoms with van der Waals surface area (Å²) in [6, 6.07) is 10.4. The van der Waals surface area contributed by atoms with Gasteiger partial charge in [-0.1, -0.05) is 19.1 Å². The van der Waals surface area contributed by atoms with Crippen LogP contribution in [-0.2, 0) is 19.4 Å². The van der Waals surface area contributed by atoms with Crippen LogP contribution in [0.5, 0.6) is 0 Å². The molecular weight excluding hydrogens is 340 g/mol. The van der Waals surface area contributed by atoms with Gasteiger partial charge in [0, 0.05) is 45.5 Å². The van der Waals surface area contributed by atoms with E-state index >= 15 is 0 Å². The maximum Gasteiger partial charge on any atom is 0.191 e. The number of nitrogens with one attached hydrogen (secondary N) is 2. The summed E-state index contributed by atoms with van der Waals surface area (Å²) in [7, 11) is 1.78. The SMILES string of the molecule is CCc1nncn1CCNC(=NC)NCCc1ccc(-n2cccn2)cc1. The maximum atomic E-state index is 4.27. The number of guanidine groups is 1. The summed E-state index contributed by atoms with van der Waals surface area (Å²) in [5.41, 5.74) is 2.33. The predicted octanol–water partition coefficient (Wildman–Crippen LogP) is 1.43. The first-order valence-corrected chi connectivity index (χ1v) is 9.20. The van der Waals surface area contributed by atoms with Crippen molar-refractivity contribution < 1.29 is 0 Å². The average molecular weight is 366 g/mol. The lowest BCUT2D eigenvalue weighted by molar-refractivity contribution is 0.632. The van der Waals surface area contributed by atoms with E-state index in [4.69, 9.17) is 0 Å². The van der Waals surface area contributed by atoms with Crippen molar-refractivity contribution in [1.29, 1.82) is 0 Å². The topological polar surface area (TPSA) is 85.0 Å². The van der Waals surface area contributed by atoms with Gasteiger partial charge in [0.25, 0.3) is 0 Å². The van der Waals surface area contributed by atoms with Crippen LogP contribution in [0.3, 0.4) is 0 Å². The second-order valence-corrected chi connectivity index (χ2v) is 6.09. The molecule has 0 fully saturated rings. The van der Waals surface area contributed by atoms with E-state index in [0.29, 0.717) is 0 Å². The Bertz CT molecular complexity index is 833. The van der Waals surface area contributed by atoms with Crippen molar-refractivity contribution in [3.05, 3.63) is 60.4 Å². The molecular formula is C19H26N8. The fraction of sp³-hybridized carbons (Fsp3) is 0.368. The van der Waals surface area contributed by atoms with Crippen molar-refractivity contribution in [2.24, 2.45) is 4.99 Å². The van der Waals surface area contributed by atoms with Crippen LogP contribution in [-0.4, -0.2) is 50.6 Å². The molecule has 0 aliphatic carbocycles. The van der Waals surface area contributed by atoms with Gasteiger partial charge in [0.2, 0.25) is 0 Å². The molecule has 2 heterocycles. The van der Waals surface area contributed by atoms with Crippen LogP contribution in [0.25, 0.3) is 5.69 Å². The summed E-state index contributed by atoms with van der Waals surface area (Å²) in [4.78, 5) is 4.27. The molecule has 0 aliphatic heterocycles. The van der Waals surface area contributed by atoms with Crippen LogP contribution in [0.2, 0.25) is 0 Å². The molecule has 8 nitrogen and oxygen atoms in total. The molecule has 2 N–H and O–H groups in total. The standard InChI is InChI=1S/C19H26N8/c1-3-18-25-23-15-26(18)14-12-22-19(20-2)21-11-9-16-5-7-17(8-6-16)27-13-4-10-24-27/h4-8,10,13,15H,3,9,11-12,14H2,1-2H3,(H2,20,21,22). The van der Waals surface area contributed by atoms with Gasteiger partial charge in [0.05, 0.1) is 5.69 Å². The summed E-state index contributed by atoms with van der Waals surface area (Å²) in [6.07, 6.45) is 7.29. The minimum atomic E-state index is 0.767. The molecule has 0 aliphatic rings. The fourth-order valence-corrected chi connectivity index (χ4v) is 2.82. The number of aryl methyl sites for hydroxylation is 1. The van der Waals surface area contributed by atoms with Crippen molar-refractivity contribution in [2.45, 2.75) is 26.3 Å². The van der Waals surface area contributed by atoms with Crippen LogP contribution in [0, 0.1) is 0 Å². The quantitative estimate of drug-likeness (QED) is 0.465. The lowest BCUT2D eigenvalue weighted by Gasteiger charge is -2.13. The zero-order chi connectivity index (χ0) is 18.9. The number of nitrogens with zero attached hydrogens (tertiary/aromatic N) is 6. The number of hydrogen-bond acceptors (Lipinski definition) is 4. The van der Waals surface area contributed by atoms with Crippen LogP contribution >= 0.6 is 0 Å². The third kappa shape index (κ3) is 5.16. The zero-order valence-corrected chi connectivity index (χ0v) is 15.8. The van der Waals surface area contributed by atoms with Crippen molar-refractivity contribution in [3.63, 3.8) is 0 Å².